The maximum absolute atomic E-state index is 12.6. The van der Waals surface area contributed by atoms with Crippen molar-refractivity contribution in [3.05, 3.63) is 52.3 Å². The number of ether oxygens (including phenoxy) is 1. The van der Waals surface area contributed by atoms with Gasteiger partial charge in [-0.15, -0.1) is 0 Å². The maximum atomic E-state index is 12.6. The first kappa shape index (κ1) is 17.4. The molecule has 0 bridgehead atoms. The van der Waals surface area contributed by atoms with E-state index in [-0.39, 0.29) is 12.0 Å². The minimum Gasteiger partial charge on any atom is -0.467 e. The molecule has 2 aromatic heterocycles. The molecule has 3 heterocycles. The molecule has 0 N–H and O–H groups in total. The number of hydrogen-bond donors (Lipinski definition) is 0. The molecule has 0 saturated carbocycles. The van der Waals surface area contributed by atoms with Gasteiger partial charge >= 0.3 is 0 Å². The molecule has 0 atom stereocenters. The Morgan fingerprint density at radius 2 is 2.12 bits per heavy atom. The Morgan fingerprint density at radius 3 is 2.85 bits per heavy atom. The Hall–Kier alpha value is -1.99. The lowest BCUT2D eigenvalue weighted by Gasteiger charge is -2.31. The van der Waals surface area contributed by atoms with Crippen LogP contribution in [0.3, 0.4) is 0 Å². The smallest absolute Gasteiger partial charge is 0.274 e. The van der Waals surface area contributed by atoms with Crippen molar-refractivity contribution < 1.29 is 9.53 Å². The molecule has 1 saturated heterocycles. The number of carbonyl (C=O) groups is 1. The van der Waals surface area contributed by atoms with Gasteiger partial charge in [-0.05, 0) is 40.5 Å². The van der Waals surface area contributed by atoms with Crippen molar-refractivity contribution in [3.63, 3.8) is 0 Å². The molecule has 0 unspecified atom stereocenters. The summed E-state index contributed by atoms with van der Waals surface area (Å²) in [5, 5.41) is 0.718. The molecule has 5 nitrogen and oxygen atoms in total. The zero-order valence-corrected chi connectivity index (χ0v) is 16.7. The molecule has 1 fully saturated rings. The molecular formula is C19H18BrN3O2S. The summed E-state index contributed by atoms with van der Waals surface area (Å²) >= 11 is 4.94. The molecule has 1 aliphatic rings. The second kappa shape index (κ2) is 7.32. The molecule has 0 spiro atoms. The largest absolute Gasteiger partial charge is 0.467 e. The van der Waals surface area contributed by atoms with E-state index in [1.165, 1.54) is 0 Å². The molecule has 1 aliphatic heterocycles. The van der Waals surface area contributed by atoms with Gasteiger partial charge in [0.1, 0.15) is 6.10 Å². The SMILES string of the molecule is Cc1cccc2sc(OC3CCN(C(=O)c4cncc(Br)c4)CC3)nc12. The van der Waals surface area contributed by atoms with Gasteiger partial charge in [-0.3, -0.25) is 9.78 Å². The first-order valence-corrected chi connectivity index (χ1v) is 10.1. The molecular weight excluding hydrogens is 414 g/mol. The van der Waals surface area contributed by atoms with Crippen LogP contribution in [0.4, 0.5) is 0 Å². The number of hydrogen-bond acceptors (Lipinski definition) is 5. The highest BCUT2D eigenvalue weighted by Crippen LogP contribution is 2.31. The van der Waals surface area contributed by atoms with Crippen LogP contribution in [0.25, 0.3) is 10.2 Å². The number of thiazole rings is 1. The fourth-order valence-corrected chi connectivity index (χ4v) is 4.47. The van der Waals surface area contributed by atoms with Crippen LogP contribution in [-0.4, -0.2) is 40.0 Å². The topological polar surface area (TPSA) is 55.3 Å². The molecule has 0 aliphatic carbocycles. The third-order valence-electron chi connectivity index (χ3n) is 4.55. The molecule has 134 valence electrons. The zero-order chi connectivity index (χ0) is 18.1. The number of aryl methyl sites for hydroxylation is 1. The van der Waals surface area contributed by atoms with Crippen LogP contribution in [0.1, 0.15) is 28.8 Å². The lowest BCUT2D eigenvalue weighted by molar-refractivity contribution is 0.0595. The van der Waals surface area contributed by atoms with Gasteiger partial charge in [-0.25, -0.2) is 4.98 Å². The molecule has 4 rings (SSSR count). The Bertz CT molecular complexity index is 951. The van der Waals surface area contributed by atoms with Gasteiger partial charge in [0.05, 0.1) is 15.8 Å². The Morgan fingerprint density at radius 1 is 1.31 bits per heavy atom. The van der Waals surface area contributed by atoms with E-state index in [2.05, 4.69) is 45.0 Å². The number of nitrogens with zero attached hydrogens (tertiary/aromatic N) is 3. The van der Waals surface area contributed by atoms with Gasteiger partial charge in [0, 0.05) is 42.8 Å². The summed E-state index contributed by atoms with van der Waals surface area (Å²) in [6.07, 6.45) is 5.00. The fourth-order valence-electron chi connectivity index (χ4n) is 3.15. The van der Waals surface area contributed by atoms with Crippen molar-refractivity contribution in [3.8, 4) is 5.19 Å². The number of halogens is 1. The van der Waals surface area contributed by atoms with Crippen molar-refractivity contribution in [1.29, 1.82) is 0 Å². The number of pyridine rings is 1. The normalized spacial score (nSPS) is 15.4. The van der Waals surface area contributed by atoms with Crippen molar-refractivity contribution in [2.45, 2.75) is 25.9 Å². The summed E-state index contributed by atoms with van der Waals surface area (Å²) in [5.41, 5.74) is 2.79. The molecule has 1 aromatic carbocycles. The third-order valence-corrected chi connectivity index (χ3v) is 5.89. The van der Waals surface area contributed by atoms with E-state index in [4.69, 9.17) is 4.74 Å². The second-order valence-corrected chi connectivity index (χ2v) is 8.31. The molecule has 26 heavy (non-hydrogen) atoms. The second-order valence-electron chi connectivity index (χ2n) is 6.40. The number of carbonyl (C=O) groups excluding carboxylic acids is 1. The minimum atomic E-state index is 0.0212. The summed E-state index contributed by atoms with van der Waals surface area (Å²) in [6.45, 7) is 3.42. The van der Waals surface area contributed by atoms with Crippen LogP contribution in [-0.2, 0) is 0 Å². The Kier molecular flexibility index (Phi) is 4.91. The van der Waals surface area contributed by atoms with Gasteiger partial charge in [-0.1, -0.05) is 23.5 Å². The van der Waals surface area contributed by atoms with Crippen LogP contribution in [0.2, 0.25) is 0 Å². The molecule has 0 radical (unpaired) electrons. The third kappa shape index (κ3) is 3.59. The van der Waals surface area contributed by atoms with Crippen molar-refractivity contribution >= 4 is 43.4 Å². The first-order chi connectivity index (χ1) is 12.6. The molecule has 1 amide bonds. The minimum absolute atomic E-state index is 0.0212. The van der Waals surface area contributed by atoms with Crippen LogP contribution in [0.5, 0.6) is 5.19 Å². The van der Waals surface area contributed by atoms with Gasteiger partial charge in [0.2, 0.25) is 0 Å². The summed E-state index contributed by atoms with van der Waals surface area (Å²) in [6, 6.07) is 7.98. The fraction of sp³-hybridized carbons (Fsp3) is 0.316. The van der Waals surface area contributed by atoms with Gasteiger partial charge < -0.3 is 9.64 Å². The summed E-state index contributed by atoms with van der Waals surface area (Å²) in [7, 11) is 0. The van der Waals surface area contributed by atoms with Crippen LogP contribution < -0.4 is 4.74 Å². The van der Waals surface area contributed by atoms with Gasteiger partial charge in [0.15, 0.2) is 0 Å². The number of benzene rings is 1. The van der Waals surface area contributed by atoms with Crippen molar-refractivity contribution in [2.75, 3.05) is 13.1 Å². The number of rotatable bonds is 3. The summed E-state index contributed by atoms with van der Waals surface area (Å²) < 4.78 is 8.06. The highest BCUT2D eigenvalue weighted by atomic mass is 79.9. The summed E-state index contributed by atoms with van der Waals surface area (Å²) in [5.74, 6) is 0.0212. The van der Waals surface area contributed by atoms with Crippen molar-refractivity contribution in [2.24, 2.45) is 0 Å². The Balaban J connectivity index is 1.38. The molecule has 3 aromatic rings. The molecule has 7 heteroatoms. The highest BCUT2D eigenvalue weighted by Gasteiger charge is 2.25. The lowest BCUT2D eigenvalue weighted by atomic mass is 10.1. The van der Waals surface area contributed by atoms with E-state index < -0.39 is 0 Å². The van der Waals surface area contributed by atoms with E-state index in [1.54, 1.807) is 29.8 Å². The van der Waals surface area contributed by atoms with Crippen LogP contribution in [0.15, 0.2) is 41.1 Å². The van der Waals surface area contributed by atoms with Crippen LogP contribution >= 0.6 is 27.3 Å². The van der Waals surface area contributed by atoms with Gasteiger partial charge in [-0.2, -0.15) is 0 Å². The van der Waals surface area contributed by atoms with Gasteiger partial charge in [0.25, 0.3) is 11.1 Å². The number of aromatic nitrogens is 2. The number of para-hydroxylation sites is 1. The van der Waals surface area contributed by atoms with E-state index in [9.17, 15) is 4.79 Å². The summed E-state index contributed by atoms with van der Waals surface area (Å²) in [4.78, 5) is 23.1. The van der Waals surface area contributed by atoms with Crippen molar-refractivity contribution in [1.82, 2.24) is 14.9 Å². The number of piperidine rings is 1. The average Bonchev–Trinajstić information content (AvgIpc) is 3.06. The van der Waals surface area contributed by atoms with Crippen LogP contribution in [0, 0.1) is 6.92 Å². The van der Waals surface area contributed by atoms with E-state index in [0.29, 0.717) is 18.7 Å². The number of likely N-dealkylation sites (tertiary alicyclic amines) is 1. The standard InChI is InChI=1S/C19H18BrN3O2S/c1-12-3-2-4-16-17(12)22-19(26-16)25-15-5-7-23(8-6-15)18(24)13-9-14(20)11-21-10-13/h2-4,9-11,15H,5-8H2,1H3. The zero-order valence-electron chi connectivity index (χ0n) is 14.3. The Labute approximate surface area is 164 Å². The number of fused-ring (bicyclic) bond motifs is 1. The predicted octanol–water partition coefficient (Wildman–Crippen LogP) is 4.45. The average molecular weight is 432 g/mol. The quantitative estimate of drug-likeness (QED) is 0.614. The lowest BCUT2D eigenvalue weighted by Crippen LogP contribution is -2.41. The van der Waals surface area contributed by atoms with E-state index >= 15 is 0 Å². The van der Waals surface area contributed by atoms with E-state index in [1.807, 2.05) is 11.0 Å². The first-order valence-electron chi connectivity index (χ1n) is 8.53. The highest BCUT2D eigenvalue weighted by molar-refractivity contribution is 9.10. The number of amides is 1. The van der Waals surface area contributed by atoms with E-state index in [0.717, 1.165) is 38.3 Å². The maximum Gasteiger partial charge on any atom is 0.274 e. The predicted molar refractivity (Wildman–Crippen MR) is 106 cm³/mol. The monoisotopic (exact) mass is 431 g/mol.